The number of aryl methyl sites for hydroxylation is 1. The molecule has 2 heteroatoms. The Morgan fingerprint density at radius 1 is 1.22 bits per heavy atom. The van der Waals surface area contributed by atoms with Gasteiger partial charge in [-0.2, -0.15) is 0 Å². The first-order chi connectivity index (χ1) is 8.79. The van der Waals surface area contributed by atoms with Crippen molar-refractivity contribution < 1.29 is 0 Å². The molecule has 1 aliphatic heterocycles. The zero-order chi connectivity index (χ0) is 12.8. The molecule has 0 amide bonds. The Morgan fingerprint density at radius 3 is 2.61 bits per heavy atom. The molecule has 1 aliphatic rings. The maximum absolute atomic E-state index is 3.72. The molecule has 0 aliphatic carbocycles. The fourth-order valence-electron chi connectivity index (χ4n) is 2.75. The van der Waals surface area contributed by atoms with Crippen molar-refractivity contribution in [3.8, 4) is 0 Å². The van der Waals surface area contributed by atoms with E-state index in [9.17, 15) is 0 Å². The molecule has 0 spiro atoms. The normalized spacial score (nSPS) is 18.1. The van der Waals surface area contributed by atoms with Crippen LogP contribution in [0.4, 0.5) is 0 Å². The summed E-state index contributed by atoms with van der Waals surface area (Å²) in [4.78, 5) is 2.54. The molecule has 1 saturated heterocycles. The van der Waals surface area contributed by atoms with Crippen molar-refractivity contribution in [2.24, 2.45) is 0 Å². The van der Waals surface area contributed by atoms with Crippen LogP contribution in [0.5, 0.6) is 0 Å². The summed E-state index contributed by atoms with van der Waals surface area (Å²) >= 11 is 0. The molecule has 2 rings (SSSR count). The lowest BCUT2D eigenvalue weighted by Crippen LogP contribution is -2.42. The summed E-state index contributed by atoms with van der Waals surface area (Å²) in [7, 11) is 0. The third-order valence-electron chi connectivity index (χ3n) is 4.12. The maximum Gasteiger partial charge on any atom is 0.00915 e. The molecule has 0 atom stereocenters. The van der Waals surface area contributed by atoms with Gasteiger partial charge in [0.25, 0.3) is 0 Å². The van der Waals surface area contributed by atoms with E-state index >= 15 is 0 Å². The van der Waals surface area contributed by atoms with Crippen LogP contribution in [0.15, 0.2) is 24.3 Å². The Hall–Kier alpha value is -0.860. The second kappa shape index (κ2) is 6.91. The first kappa shape index (κ1) is 13.6. The van der Waals surface area contributed by atoms with Gasteiger partial charge in [0.05, 0.1) is 0 Å². The van der Waals surface area contributed by atoms with E-state index < -0.39 is 0 Å². The van der Waals surface area contributed by atoms with E-state index in [1.54, 1.807) is 0 Å². The van der Waals surface area contributed by atoms with Crippen molar-refractivity contribution in [2.45, 2.75) is 39.2 Å². The van der Waals surface area contributed by atoms with Crippen LogP contribution in [0.3, 0.4) is 0 Å². The largest absolute Gasteiger partial charge is 0.314 e. The minimum absolute atomic E-state index is 0.733. The van der Waals surface area contributed by atoms with Gasteiger partial charge in [-0.1, -0.05) is 31.2 Å². The molecule has 0 bridgehead atoms. The van der Waals surface area contributed by atoms with Gasteiger partial charge in [-0.05, 0) is 63.5 Å². The molecule has 18 heavy (non-hydrogen) atoms. The van der Waals surface area contributed by atoms with Gasteiger partial charge in [-0.3, -0.25) is 0 Å². The van der Waals surface area contributed by atoms with Crippen LogP contribution in [0.1, 0.15) is 30.9 Å². The molecule has 1 N–H and O–H groups in total. The number of nitrogens with zero attached hydrogens (tertiary/aromatic N) is 1. The van der Waals surface area contributed by atoms with Crippen LogP contribution >= 0.6 is 0 Å². The highest BCUT2D eigenvalue weighted by Gasteiger charge is 2.16. The fraction of sp³-hybridized carbons (Fsp3) is 0.625. The number of hydrogen-bond donors (Lipinski definition) is 1. The number of likely N-dealkylation sites (tertiary alicyclic amines) is 1. The monoisotopic (exact) mass is 246 g/mol. The first-order valence-electron chi connectivity index (χ1n) is 7.30. The Bertz CT molecular complexity index is 354. The minimum Gasteiger partial charge on any atom is -0.314 e. The van der Waals surface area contributed by atoms with Crippen LogP contribution in [0.2, 0.25) is 0 Å². The molecule has 1 fully saturated rings. The molecule has 1 aromatic carbocycles. The summed E-state index contributed by atoms with van der Waals surface area (Å²) in [6.45, 7) is 9.30. The molecule has 0 radical (unpaired) electrons. The summed E-state index contributed by atoms with van der Waals surface area (Å²) < 4.78 is 0. The van der Waals surface area contributed by atoms with Gasteiger partial charge in [0.15, 0.2) is 0 Å². The summed E-state index contributed by atoms with van der Waals surface area (Å²) in [5.41, 5.74) is 2.90. The summed E-state index contributed by atoms with van der Waals surface area (Å²) in [6, 6.07) is 9.44. The highest BCUT2D eigenvalue weighted by molar-refractivity contribution is 5.25. The predicted octanol–water partition coefficient (Wildman–Crippen LogP) is 2.61. The molecule has 0 saturated carbocycles. The Morgan fingerprint density at radius 2 is 1.94 bits per heavy atom. The quantitative estimate of drug-likeness (QED) is 0.859. The molecule has 1 heterocycles. The molecule has 0 unspecified atom stereocenters. The van der Waals surface area contributed by atoms with E-state index in [1.807, 2.05) is 0 Å². The average Bonchev–Trinajstić information content (AvgIpc) is 2.42. The Balaban J connectivity index is 1.69. The number of piperidine rings is 1. The zero-order valence-corrected chi connectivity index (χ0v) is 11.8. The van der Waals surface area contributed by atoms with Gasteiger partial charge in [0, 0.05) is 6.04 Å². The van der Waals surface area contributed by atoms with E-state index in [-0.39, 0.29) is 0 Å². The van der Waals surface area contributed by atoms with E-state index in [4.69, 9.17) is 0 Å². The van der Waals surface area contributed by atoms with Crippen LogP contribution in [-0.4, -0.2) is 37.1 Å². The van der Waals surface area contributed by atoms with E-state index in [2.05, 4.69) is 48.3 Å². The summed E-state index contributed by atoms with van der Waals surface area (Å²) in [6.07, 6.45) is 3.77. The van der Waals surface area contributed by atoms with Gasteiger partial charge in [-0.15, -0.1) is 0 Å². The van der Waals surface area contributed by atoms with Gasteiger partial charge < -0.3 is 10.2 Å². The lowest BCUT2D eigenvalue weighted by molar-refractivity contribution is 0.207. The van der Waals surface area contributed by atoms with Crippen LogP contribution in [0, 0.1) is 6.92 Å². The molecular weight excluding hydrogens is 220 g/mol. The van der Waals surface area contributed by atoms with Crippen molar-refractivity contribution in [2.75, 3.05) is 26.2 Å². The summed E-state index contributed by atoms with van der Waals surface area (Å²) in [5.74, 6) is 0. The lowest BCUT2D eigenvalue weighted by Gasteiger charge is -2.31. The number of hydrogen-bond acceptors (Lipinski definition) is 2. The zero-order valence-electron chi connectivity index (χ0n) is 11.8. The molecule has 1 aromatic rings. The van der Waals surface area contributed by atoms with Crippen molar-refractivity contribution in [3.63, 3.8) is 0 Å². The molecular formula is C16H26N2. The third-order valence-corrected chi connectivity index (χ3v) is 4.12. The van der Waals surface area contributed by atoms with Crippen molar-refractivity contribution >= 4 is 0 Å². The Labute approximate surface area is 111 Å². The average molecular weight is 246 g/mol. The van der Waals surface area contributed by atoms with Gasteiger partial charge in [0.1, 0.15) is 0 Å². The number of rotatable bonds is 5. The topological polar surface area (TPSA) is 15.3 Å². The third kappa shape index (κ3) is 3.82. The first-order valence-corrected chi connectivity index (χ1v) is 7.30. The highest BCUT2D eigenvalue weighted by Crippen LogP contribution is 2.11. The van der Waals surface area contributed by atoms with Crippen LogP contribution in [-0.2, 0) is 6.42 Å². The van der Waals surface area contributed by atoms with Crippen molar-refractivity contribution in [3.05, 3.63) is 35.4 Å². The Kier molecular flexibility index (Phi) is 5.21. The lowest BCUT2D eigenvalue weighted by atomic mass is 10.0. The smallest absolute Gasteiger partial charge is 0.00915 e. The predicted molar refractivity (Wildman–Crippen MR) is 78.0 cm³/mol. The van der Waals surface area contributed by atoms with E-state index in [0.717, 1.165) is 19.0 Å². The summed E-state index contributed by atoms with van der Waals surface area (Å²) in [5, 5.41) is 3.72. The highest BCUT2D eigenvalue weighted by atomic mass is 15.1. The molecule has 2 nitrogen and oxygen atoms in total. The van der Waals surface area contributed by atoms with Gasteiger partial charge >= 0.3 is 0 Å². The van der Waals surface area contributed by atoms with Crippen LogP contribution in [0.25, 0.3) is 0 Å². The standard InChI is InChI=1S/C16H26N2/c1-3-18-12-9-16(10-13-18)17-11-8-15-7-5-4-6-14(15)2/h4-7,16-17H,3,8-13H2,1-2H3. The maximum atomic E-state index is 3.72. The van der Waals surface area contributed by atoms with Crippen molar-refractivity contribution in [1.82, 2.24) is 10.2 Å². The molecule has 100 valence electrons. The van der Waals surface area contributed by atoms with E-state index in [0.29, 0.717) is 0 Å². The van der Waals surface area contributed by atoms with Gasteiger partial charge in [0.2, 0.25) is 0 Å². The second-order valence-electron chi connectivity index (χ2n) is 5.34. The van der Waals surface area contributed by atoms with Crippen LogP contribution < -0.4 is 5.32 Å². The second-order valence-corrected chi connectivity index (χ2v) is 5.34. The number of benzene rings is 1. The number of nitrogens with one attached hydrogen (secondary N) is 1. The van der Waals surface area contributed by atoms with E-state index in [1.165, 1.54) is 43.6 Å². The SMILES string of the molecule is CCN1CCC(NCCc2ccccc2C)CC1. The van der Waals surface area contributed by atoms with Crippen molar-refractivity contribution in [1.29, 1.82) is 0 Å². The molecule has 0 aromatic heterocycles. The van der Waals surface area contributed by atoms with Gasteiger partial charge in [-0.25, -0.2) is 0 Å². The minimum atomic E-state index is 0.733. The fourth-order valence-corrected chi connectivity index (χ4v) is 2.75.